The second-order valence-electron chi connectivity index (χ2n) is 11.0. The van der Waals surface area contributed by atoms with E-state index in [1.807, 2.05) is 0 Å². The van der Waals surface area contributed by atoms with Crippen LogP contribution < -0.4 is 0 Å². The molecule has 0 aliphatic carbocycles. The first-order valence-corrected chi connectivity index (χ1v) is 14.5. The number of hydrogen-bond donors (Lipinski definition) is 0. The number of benzene rings is 7. The molecule has 198 valence electrons. The van der Waals surface area contributed by atoms with Gasteiger partial charge in [0.1, 0.15) is 5.69 Å². The topological polar surface area (TPSA) is 15.4 Å². The van der Waals surface area contributed by atoms with Gasteiger partial charge in [-0.15, -0.1) is 4.70 Å². The number of rotatable bonds is 4. The third-order valence-electron chi connectivity index (χ3n) is 8.58. The first-order valence-electron chi connectivity index (χ1n) is 14.5. The number of hydrogen-bond acceptors (Lipinski definition) is 1. The molecule has 8 rings (SSSR count). The summed E-state index contributed by atoms with van der Waals surface area (Å²) in [4.78, 5) is 0. The van der Waals surface area contributed by atoms with Crippen molar-refractivity contribution < 1.29 is 4.70 Å². The van der Waals surface area contributed by atoms with Gasteiger partial charge in [0, 0.05) is 5.56 Å². The molecule has 0 saturated carbocycles. The lowest BCUT2D eigenvalue weighted by atomic mass is 9.85. The molecule has 0 spiro atoms. The highest BCUT2D eigenvalue weighted by Crippen LogP contribution is 2.44. The summed E-state index contributed by atoms with van der Waals surface area (Å²) < 4.78 is 2.07. The summed E-state index contributed by atoms with van der Waals surface area (Å²) in [5.41, 5.74) is 11.0. The van der Waals surface area contributed by atoms with Crippen LogP contribution in [0.3, 0.4) is 0 Å². The van der Waals surface area contributed by atoms with Crippen molar-refractivity contribution in [3.63, 3.8) is 0 Å². The Hall–Kier alpha value is -5.34. The summed E-state index contributed by atoms with van der Waals surface area (Å²) in [5, 5.41) is 9.92. The summed E-state index contributed by atoms with van der Waals surface area (Å²) in [6.07, 6.45) is 0. The Morgan fingerprint density at radius 1 is 0.452 bits per heavy atom. The van der Waals surface area contributed by atoms with E-state index in [4.69, 9.17) is 5.11 Å². The average molecular weight is 538 g/mol. The lowest BCUT2D eigenvalue weighted by Gasteiger charge is -2.18. The van der Waals surface area contributed by atoms with Crippen LogP contribution in [0.25, 0.3) is 54.9 Å². The van der Waals surface area contributed by atoms with Crippen LogP contribution in [0.2, 0.25) is 0 Å². The molecule has 1 aliphatic heterocycles. The fraction of sp³-hybridized carbons (Fsp3) is 0.0500. The molecule has 0 saturated heterocycles. The van der Waals surface area contributed by atoms with Crippen LogP contribution in [0, 0.1) is 0 Å². The molecule has 0 fully saturated rings. The summed E-state index contributed by atoms with van der Waals surface area (Å²) in [6.45, 7) is 0. The molecule has 1 atom stereocenters. The average Bonchev–Trinajstić information content (AvgIpc) is 3.39. The fourth-order valence-corrected chi connectivity index (χ4v) is 6.69. The predicted molar refractivity (Wildman–Crippen MR) is 174 cm³/mol. The van der Waals surface area contributed by atoms with Gasteiger partial charge in [0.2, 0.25) is 6.04 Å². The van der Waals surface area contributed by atoms with Crippen molar-refractivity contribution in [1.82, 2.24) is 0 Å². The maximum Gasteiger partial charge on any atom is 0.231 e. The minimum atomic E-state index is 0.126. The molecule has 0 aromatic heterocycles. The largest absolute Gasteiger partial charge is 0.231 e. The van der Waals surface area contributed by atoms with E-state index in [1.165, 1.54) is 66.1 Å². The molecular formula is C40H29N2+. The lowest BCUT2D eigenvalue weighted by molar-refractivity contribution is -0.588. The zero-order valence-electron chi connectivity index (χ0n) is 23.4. The van der Waals surface area contributed by atoms with Crippen molar-refractivity contribution >= 4 is 27.2 Å². The lowest BCUT2D eigenvalue weighted by Crippen LogP contribution is -2.09. The van der Waals surface area contributed by atoms with Crippen LogP contribution in [0.1, 0.15) is 17.2 Å². The third-order valence-corrected chi connectivity index (χ3v) is 8.58. The van der Waals surface area contributed by atoms with E-state index in [0.717, 1.165) is 5.69 Å². The monoisotopic (exact) mass is 537 g/mol. The van der Waals surface area contributed by atoms with Crippen molar-refractivity contribution in [3.8, 4) is 33.4 Å². The summed E-state index contributed by atoms with van der Waals surface area (Å²) in [7, 11) is 2.06. The van der Waals surface area contributed by atoms with Gasteiger partial charge in [0.15, 0.2) is 7.05 Å². The van der Waals surface area contributed by atoms with Gasteiger partial charge in [-0.2, -0.15) is 0 Å². The molecule has 2 heteroatoms. The molecule has 7 aromatic rings. The summed E-state index contributed by atoms with van der Waals surface area (Å²) in [6, 6.07) is 54.9. The van der Waals surface area contributed by atoms with Gasteiger partial charge in [0.05, 0.1) is 5.56 Å². The Labute approximate surface area is 245 Å². The van der Waals surface area contributed by atoms with E-state index in [9.17, 15) is 0 Å². The molecular weight excluding hydrogens is 508 g/mol. The van der Waals surface area contributed by atoms with Crippen molar-refractivity contribution in [3.05, 3.63) is 163 Å². The fourth-order valence-electron chi connectivity index (χ4n) is 6.69. The van der Waals surface area contributed by atoms with Crippen LogP contribution in [0.5, 0.6) is 0 Å². The van der Waals surface area contributed by atoms with Crippen LogP contribution in [0.4, 0.5) is 5.69 Å². The van der Waals surface area contributed by atoms with E-state index < -0.39 is 0 Å². The maximum atomic E-state index is 4.82. The van der Waals surface area contributed by atoms with Gasteiger partial charge >= 0.3 is 0 Å². The highest BCUT2D eigenvalue weighted by molar-refractivity contribution is 6.21. The SMILES string of the molecule is C[N+]1=Nc2ccc(-c3ccc(-c4c5ccccc5c(-c5ccccc5)c5ccccc45)cc3)cc2C1c1ccccc1. The Morgan fingerprint density at radius 3 is 1.48 bits per heavy atom. The van der Waals surface area contributed by atoms with Crippen molar-refractivity contribution in [2.45, 2.75) is 6.04 Å². The molecule has 1 unspecified atom stereocenters. The Bertz CT molecular complexity index is 2070. The maximum absolute atomic E-state index is 4.82. The van der Waals surface area contributed by atoms with Crippen LogP contribution in [-0.2, 0) is 0 Å². The van der Waals surface area contributed by atoms with Crippen molar-refractivity contribution in [2.24, 2.45) is 5.11 Å². The Balaban J connectivity index is 1.25. The highest BCUT2D eigenvalue weighted by atomic mass is 15.3. The van der Waals surface area contributed by atoms with Crippen molar-refractivity contribution in [2.75, 3.05) is 7.05 Å². The van der Waals surface area contributed by atoms with Gasteiger partial charge in [0.25, 0.3) is 0 Å². The Morgan fingerprint density at radius 2 is 0.905 bits per heavy atom. The number of azo groups is 2. The number of nitrogens with zero attached hydrogens (tertiary/aromatic N) is 2. The zero-order chi connectivity index (χ0) is 28.0. The van der Waals surface area contributed by atoms with Crippen LogP contribution in [-0.4, -0.2) is 11.7 Å². The minimum absolute atomic E-state index is 0.126. The van der Waals surface area contributed by atoms with Crippen LogP contribution >= 0.6 is 0 Å². The van der Waals surface area contributed by atoms with E-state index in [2.05, 4.69) is 163 Å². The standard InChI is InChI=1S/C40H29N2/c1-42-40(30-14-6-3-7-15-30)36-26-31(24-25-37(36)41-42)27-20-22-29(23-21-27)39-34-18-10-8-16-32(34)38(28-12-4-2-5-13-28)33-17-9-11-19-35(33)39/h2-26,40H,1H3/q+1. The van der Waals surface area contributed by atoms with E-state index in [-0.39, 0.29) is 6.04 Å². The second-order valence-corrected chi connectivity index (χ2v) is 11.0. The normalized spacial score (nSPS) is 14.2. The molecule has 1 heterocycles. The van der Waals surface area contributed by atoms with E-state index >= 15 is 0 Å². The van der Waals surface area contributed by atoms with Gasteiger partial charge in [-0.3, -0.25) is 0 Å². The molecule has 0 radical (unpaired) electrons. The molecule has 2 nitrogen and oxygen atoms in total. The quantitative estimate of drug-likeness (QED) is 0.157. The van der Waals surface area contributed by atoms with E-state index in [0.29, 0.717) is 0 Å². The van der Waals surface area contributed by atoms with E-state index in [1.54, 1.807) is 0 Å². The molecule has 42 heavy (non-hydrogen) atoms. The smallest absolute Gasteiger partial charge is 0.113 e. The van der Waals surface area contributed by atoms with Crippen molar-refractivity contribution in [1.29, 1.82) is 0 Å². The molecule has 0 bridgehead atoms. The molecule has 1 aliphatic rings. The van der Waals surface area contributed by atoms with Gasteiger partial charge in [-0.05, 0) is 72.2 Å². The summed E-state index contributed by atoms with van der Waals surface area (Å²) in [5.74, 6) is 0. The Kier molecular flexibility index (Phi) is 5.79. The first-order chi connectivity index (χ1) is 20.8. The molecule has 7 aromatic carbocycles. The van der Waals surface area contributed by atoms with Gasteiger partial charge in [-0.1, -0.05) is 140 Å². The van der Waals surface area contributed by atoms with Crippen LogP contribution in [0.15, 0.2) is 157 Å². The molecule has 0 amide bonds. The predicted octanol–water partition coefficient (Wildman–Crippen LogP) is 10.8. The number of fused-ring (bicyclic) bond motifs is 3. The first kappa shape index (κ1) is 24.5. The summed E-state index contributed by atoms with van der Waals surface area (Å²) >= 11 is 0. The third kappa shape index (κ3) is 3.95. The zero-order valence-corrected chi connectivity index (χ0v) is 23.4. The van der Waals surface area contributed by atoms with Gasteiger partial charge in [-0.25, -0.2) is 0 Å². The second kappa shape index (κ2) is 9.94. The minimum Gasteiger partial charge on any atom is -0.113 e. The molecule has 0 N–H and O–H groups in total. The highest BCUT2D eigenvalue weighted by Gasteiger charge is 2.33. The van der Waals surface area contributed by atoms with Gasteiger partial charge < -0.3 is 0 Å².